The summed E-state index contributed by atoms with van der Waals surface area (Å²) in [6, 6.07) is 12.6. The number of hydrogen-bond donors (Lipinski definition) is 2. The summed E-state index contributed by atoms with van der Waals surface area (Å²) in [5.41, 5.74) is 0.926. The first-order valence-corrected chi connectivity index (χ1v) is 13.1. The Hall–Kier alpha value is -4.74. The molecule has 1 amide bonds. The molecule has 0 radical (unpaired) electrons. The number of aromatic amines is 2. The number of nitrogens with zero attached hydrogens (tertiary/aromatic N) is 4. The van der Waals surface area contributed by atoms with Crippen LogP contribution in [0, 0.1) is 0 Å². The van der Waals surface area contributed by atoms with Crippen molar-refractivity contribution in [3.05, 3.63) is 52.8 Å². The van der Waals surface area contributed by atoms with Gasteiger partial charge in [-0.25, -0.2) is 9.78 Å². The number of esters is 1. The van der Waals surface area contributed by atoms with E-state index >= 15 is 0 Å². The molecule has 0 bridgehead atoms. The van der Waals surface area contributed by atoms with Crippen LogP contribution in [-0.4, -0.2) is 61.8 Å². The molecule has 0 atom stereocenters. The van der Waals surface area contributed by atoms with Crippen molar-refractivity contribution in [2.45, 2.75) is 59.7 Å². The van der Waals surface area contributed by atoms with Gasteiger partial charge in [0.2, 0.25) is 5.65 Å². The van der Waals surface area contributed by atoms with Crippen molar-refractivity contribution in [1.29, 1.82) is 0 Å². The lowest BCUT2D eigenvalue weighted by molar-refractivity contribution is -0.153. The molecule has 41 heavy (non-hydrogen) atoms. The first-order chi connectivity index (χ1) is 19.2. The van der Waals surface area contributed by atoms with Crippen LogP contribution in [0.15, 0.2) is 47.3 Å². The van der Waals surface area contributed by atoms with Gasteiger partial charge in [0.1, 0.15) is 29.3 Å². The molecule has 2 heterocycles. The number of anilines is 1. The number of carbonyl (C=O) groups excluding carboxylic acids is 2. The third kappa shape index (κ3) is 7.27. The molecule has 12 heteroatoms. The topological polar surface area (TPSA) is 152 Å². The Balaban J connectivity index is 1.72. The van der Waals surface area contributed by atoms with E-state index in [2.05, 4.69) is 25.4 Å². The first kappa shape index (κ1) is 29.2. The van der Waals surface area contributed by atoms with E-state index in [1.807, 2.05) is 25.1 Å². The SMILES string of the molecule is CCOc1cc(-c2cccc(N(CC(=O)OC(C)(C)C)C(=O)OC(C)(C)C)c2)ccc1-c1nc2n[nH]nc2c(=O)[nH]1. The first-order valence-electron chi connectivity index (χ1n) is 13.1. The van der Waals surface area contributed by atoms with Crippen molar-refractivity contribution in [1.82, 2.24) is 25.4 Å². The lowest BCUT2D eigenvalue weighted by atomic mass is 10.0. The molecular weight excluding hydrogens is 528 g/mol. The minimum absolute atomic E-state index is 0.112. The highest BCUT2D eigenvalue weighted by molar-refractivity contribution is 5.94. The van der Waals surface area contributed by atoms with Gasteiger partial charge in [0.05, 0.1) is 12.2 Å². The Labute approximate surface area is 237 Å². The number of fused-ring (bicyclic) bond motifs is 1. The number of ether oxygens (including phenoxy) is 3. The fourth-order valence-corrected chi connectivity index (χ4v) is 3.99. The van der Waals surface area contributed by atoms with Gasteiger partial charge >= 0.3 is 12.1 Å². The second-order valence-electron chi connectivity index (χ2n) is 11.3. The van der Waals surface area contributed by atoms with Gasteiger partial charge in [-0.3, -0.25) is 14.5 Å². The monoisotopic (exact) mass is 562 g/mol. The molecule has 0 aliphatic carbocycles. The van der Waals surface area contributed by atoms with E-state index in [1.54, 1.807) is 65.8 Å². The molecule has 0 fully saturated rings. The summed E-state index contributed by atoms with van der Waals surface area (Å²) in [5.74, 6) is 0.204. The fourth-order valence-electron chi connectivity index (χ4n) is 3.99. The number of nitrogens with one attached hydrogen (secondary N) is 2. The van der Waals surface area contributed by atoms with E-state index in [0.29, 0.717) is 23.6 Å². The average molecular weight is 563 g/mol. The maximum absolute atomic E-state index is 13.2. The van der Waals surface area contributed by atoms with Crippen molar-refractivity contribution >= 4 is 28.9 Å². The molecule has 0 spiro atoms. The second kappa shape index (κ2) is 11.4. The molecule has 0 unspecified atom stereocenters. The molecule has 4 rings (SSSR count). The fraction of sp³-hybridized carbons (Fsp3) is 0.379. The molecule has 0 saturated heterocycles. The van der Waals surface area contributed by atoms with E-state index in [1.165, 1.54) is 4.90 Å². The van der Waals surface area contributed by atoms with Gasteiger partial charge in [0, 0.05) is 5.69 Å². The highest BCUT2D eigenvalue weighted by Crippen LogP contribution is 2.34. The summed E-state index contributed by atoms with van der Waals surface area (Å²) in [4.78, 5) is 46.7. The van der Waals surface area contributed by atoms with Crippen LogP contribution in [0.5, 0.6) is 5.75 Å². The number of benzene rings is 2. The number of rotatable bonds is 7. The number of H-pyrrole nitrogens is 2. The normalized spacial score (nSPS) is 11.8. The lowest BCUT2D eigenvalue weighted by Crippen LogP contribution is -2.41. The molecule has 2 aromatic heterocycles. The Morgan fingerprint density at radius 3 is 2.32 bits per heavy atom. The molecule has 12 nitrogen and oxygen atoms in total. The van der Waals surface area contributed by atoms with Crippen LogP contribution in [0.4, 0.5) is 10.5 Å². The Bertz CT molecular complexity index is 1630. The van der Waals surface area contributed by atoms with E-state index in [0.717, 1.165) is 11.1 Å². The molecule has 4 aromatic rings. The summed E-state index contributed by atoms with van der Waals surface area (Å²) in [6.07, 6.45) is -0.677. The van der Waals surface area contributed by atoms with Crippen molar-refractivity contribution in [3.8, 4) is 28.3 Å². The van der Waals surface area contributed by atoms with Gasteiger partial charge in [-0.2, -0.15) is 5.21 Å². The zero-order valence-corrected chi connectivity index (χ0v) is 24.2. The minimum atomic E-state index is -0.771. The van der Waals surface area contributed by atoms with Crippen LogP contribution in [0.25, 0.3) is 33.7 Å². The molecule has 0 aliphatic rings. The number of amides is 1. The Kier molecular flexibility index (Phi) is 8.13. The molecule has 2 aromatic carbocycles. The number of aromatic nitrogens is 5. The number of carbonyl (C=O) groups is 2. The van der Waals surface area contributed by atoms with Crippen LogP contribution >= 0.6 is 0 Å². The standard InChI is InChI=1S/C29H34N6O6/c1-8-39-21-15-18(12-13-20(21)24-30-25-23(26(37)31-24)32-34-33-25)17-10-9-11-19(14-17)35(27(38)41-29(5,6)7)16-22(36)40-28(2,3)4/h9-15H,8,16H2,1-7H3,(H2,30,31,32,33,34,37). The summed E-state index contributed by atoms with van der Waals surface area (Å²) < 4.78 is 17.0. The van der Waals surface area contributed by atoms with Crippen LogP contribution in [0.3, 0.4) is 0 Å². The van der Waals surface area contributed by atoms with E-state index in [4.69, 9.17) is 14.2 Å². The molecular formula is C29H34N6O6. The lowest BCUT2D eigenvalue weighted by Gasteiger charge is -2.28. The highest BCUT2D eigenvalue weighted by atomic mass is 16.6. The van der Waals surface area contributed by atoms with E-state index < -0.39 is 28.8 Å². The van der Waals surface area contributed by atoms with Gasteiger partial charge < -0.3 is 19.2 Å². The average Bonchev–Trinajstić information content (AvgIpc) is 3.35. The zero-order chi connectivity index (χ0) is 29.9. The summed E-state index contributed by atoms with van der Waals surface area (Å²) >= 11 is 0. The predicted molar refractivity (Wildman–Crippen MR) is 154 cm³/mol. The van der Waals surface area contributed by atoms with Crippen molar-refractivity contribution in [2.75, 3.05) is 18.1 Å². The smallest absolute Gasteiger partial charge is 0.415 e. The van der Waals surface area contributed by atoms with Gasteiger partial charge in [-0.1, -0.05) is 18.2 Å². The number of hydrogen-bond acceptors (Lipinski definition) is 9. The third-order valence-electron chi connectivity index (χ3n) is 5.54. The predicted octanol–water partition coefficient (Wildman–Crippen LogP) is 4.86. The van der Waals surface area contributed by atoms with Gasteiger partial charge in [-0.05, 0) is 83.9 Å². The Morgan fingerprint density at radius 2 is 1.63 bits per heavy atom. The summed E-state index contributed by atoms with van der Waals surface area (Å²) in [6.45, 7) is 12.4. The maximum atomic E-state index is 13.2. The van der Waals surface area contributed by atoms with Crippen molar-refractivity contribution in [2.24, 2.45) is 0 Å². The van der Waals surface area contributed by atoms with Gasteiger partial charge in [-0.15, -0.1) is 10.2 Å². The van der Waals surface area contributed by atoms with Crippen LogP contribution in [0.2, 0.25) is 0 Å². The van der Waals surface area contributed by atoms with Crippen LogP contribution < -0.4 is 15.2 Å². The summed E-state index contributed by atoms with van der Waals surface area (Å²) in [5, 5.41) is 10.1. The molecule has 0 saturated carbocycles. The zero-order valence-electron chi connectivity index (χ0n) is 24.2. The maximum Gasteiger partial charge on any atom is 0.415 e. The molecule has 2 N–H and O–H groups in total. The van der Waals surface area contributed by atoms with Crippen molar-refractivity contribution < 1.29 is 23.8 Å². The van der Waals surface area contributed by atoms with Crippen molar-refractivity contribution in [3.63, 3.8) is 0 Å². The van der Waals surface area contributed by atoms with E-state index in [9.17, 15) is 14.4 Å². The quantitative estimate of drug-likeness (QED) is 0.301. The molecule has 216 valence electrons. The van der Waals surface area contributed by atoms with Crippen LogP contribution in [0.1, 0.15) is 48.5 Å². The third-order valence-corrected chi connectivity index (χ3v) is 5.54. The second-order valence-corrected chi connectivity index (χ2v) is 11.3. The van der Waals surface area contributed by atoms with Crippen LogP contribution in [-0.2, 0) is 14.3 Å². The van der Waals surface area contributed by atoms with Gasteiger partial charge in [0.15, 0.2) is 5.52 Å². The minimum Gasteiger partial charge on any atom is -0.493 e. The van der Waals surface area contributed by atoms with Gasteiger partial charge in [0.25, 0.3) is 5.56 Å². The molecule has 0 aliphatic heterocycles. The highest BCUT2D eigenvalue weighted by Gasteiger charge is 2.28. The Morgan fingerprint density at radius 1 is 0.927 bits per heavy atom. The summed E-state index contributed by atoms with van der Waals surface area (Å²) in [7, 11) is 0. The largest absolute Gasteiger partial charge is 0.493 e. The van der Waals surface area contributed by atoms with E-state index in [-0.39, 0.29) is 23.5 Å².